The average Bonchev–Trinajstić information content (AvgIpc) is 2.34. The molecule has 18 heavy (non-hydrogen) atoms. The summed E-state index contributed by atoms with van der Waals surface area (Å²) in [6.45, 7) is 5.06. The summed E-state index contributed by atoms with van der Waals surface area (Å²) in [6, 6.07) is 5.97. The van der Waals surface area contributed by atoms with E-state index in [-0.39, 0.29) is 0 Å². The predicted molar refractivity (Wildman–Crippen MR) is 74.1 cm³/mol. The molecule has 0 aliphatic carbocycles. The van der Waals surface area contributed by atoms with Gasteiger partial charge in [-0.1, -0.05) is 13.3 Å². The summed E-state index contributed by atoms with van der Waals surface area (Å²) < 4.78 is 5.76. The summed E-state index contributed by atoms with van der Waals surface area (Å²) >= 11 is 0. The lowest BCUT2D eigenvalue weighted by Gasteiger charge is -2.31. The molecule has 0 bridgehead atoms. The lowest BCUT2D eigenvalue weighted by molar-refractivity contribution is 0.00597. The molecule has 0 spiro atoms. The Kier molecular flexibility index (Phi) is 4.48. The van der Waals surface area contributed by atoms with Crippen molar-refractivity contribution in [2.75, 3.05) is 11.9 Å². The molecule has 1 heterocycles. The number of ether oxygens (including phenoxy) is 1. The molecule has 1 aromatic carbocycles. The minimum Gasteiger partial charge on any atom is -0.508 e. The molecule has 2 N–H and O–H groups in total. The highest BCUT2D eigenvalue weighted by atomic mass is 16.5. The predicted octanol–water partition coefficient (Wildman–Crippen LogP) is 3.46. The normalized spacial score (nSPS) is 23.9. The Morgan fingerprint density at radius 1 is 1.44 bits per heavy atom. The molecule has 3 nitrogen and oxygen atoms in total. The topological polar surface area (TPSA) is 41.5 Å². The fraction of sp³-hybridized carbons (Fsp3) is 0.600. The highest BCUT2D eigenvalue weighted by Gasteiger charge is 2.22. The third-order valence-electron chi connectivity index (χ3n) is 3.55. The van der Waals surface area contributed by atoms with Crippen LogP contribution in [0.1, 0.15) is 38.2 Å². The van der Waals surface area contributed by atoms with Crippen LogP contribution in [0.15, 0.2) is 18.2 Å². The van der Waals surface area contributed by atoms with Gasteiger partial charge in [0.2, 0.25) is 0 Å². The summed E-state index contributed by atoms with van der Waals surface area (Å²) in [7, 11) is 0. The Bertz CT molecular complexity index is 390. The minimum absolute atomic E-state index is 0.328. The van der Waals surface area contributed by atoms with Gasteiger partial charge in [-0.2, -0.15) is 0 Å². The first-order valence-electron chi connectivity index (χ1n) is 6.86. The molecule has 1 fully saturated rings. The van der Waals surface area contributed by atoms with Crippen molar-refractivity contribution >= 4 is 5.69 Å². The molecule has 1 aromatic rings. The Hall–Kier alpha value is -1.22. The maximum absolute atomic E-state index is 9.41. The van der Waals surface area contributed by atoms with Crippen LogP contribution in [0.3, 0.4) is 0 Å². The fourth-order valence-electron chi connectivity index (χ4n) is 2.56. The largest absolute Gasteiger partial charge is 0.508 e. The number of hydrogen-bond acceptors (Lipinski definition) is 3. The van der Waals surface area contributed by atoms with Crippen molar-refractivity contribution < 1.29 is 9.84 Å². The second-order valence-electron chi connectivity index (χ2n) is 5.15. The van der Waals surface area contributed by atoms with Crippen molar-refractivity contribution in [3.05, 3.63) is 23.8 Å². The SMILES string of the molecule is CCCC1CC(Nc2ccc(O)cc2C)CCO1. The zero-order valence-electron chi connectivity index (χ0n) is 11.3. The molecule has 1 aliphatic heterocycles. The fourth-order valence-corrected chi connectivity index (χ4v) is 2.56. The van der Waals surface area contributed by atoms with E-state index in [4.69, 9.17) is 4.74 Å². The summed E-state index contributed by atoms with van der Waals surface area (Å²) in [5, 5.41) is 13.0. The number of phenolic OH excluding ortho intramolecular Hbond substituents is 1. The molecular weight excluding hydrogens is 226 g/mol. The molecular formula is C15H23NO2. The molecule has 1 aliphatic rings. The van der Waals surface area contributed by atoms with E-state index in [0.717, 1.165) is 37.1 Å². The number of aromatic hydroxyl groups is 1. The van der Waals surface area contributed by atoms with Crippen LogP contribution in [0.4, 0.5) is 5.69 Å². The van der Waals surface area contributed by atoms with Crippen molar-refractivity contribution in [2.45, 2.75) is 51.7 Å². The zero-order chi connectivity index (χ0) is 13.0. The van der Waals surface area contributed by atoms with Gasteiger partial charge in [0.15, 0.2) is 0 Å². The molecule has 2 atom stereocenters. The third kappa shape index (κ3) is 3.39. The number of aryl methyl sites for hydroxylation is 1. The molecule has 0 saturated carbocycles. The van der Waals surface area contributed by atoms with Crippen molar-refractivity contribution in [3.63, 3.8) is 0 Å². The van der Waals surface area contributed by atoms with Crippen LogP contribution in [-0.2, 0) is 4.74 Å². The van der Waals surface area contributed by atoms with Crippen LogP contribution in [0.2, 0.25) is 0 Å². The highest BCUT2D eigenvalue weighted by molar-refractivity contribution is 5.53. The number of nitrogens with one attached hydrogen (secondary N) is 1. The summed E-state index contributed by atoms with van der Waals surface area (Å²) in [6.07, 6.45) is 4.86. The molecule has 1 saturated heterocycles. The lowest BCUT2D eigenvalue weighted by atomic mass is 9.99. The monoisotopic (exact) mass is 249 g/mol. The number of phenols is 1. The van der Waals surface area contributed by atoms with Crippen molar-refractivity contribution in [1.29, 1.82) is 0 Å². The highest BCUT2D eigenvalue weighted by Crippen LogP contribution is 2.25. The Morgan fingerprint density at radius 2 is 2.28 bits per heavy atom. The molecule has 100 valence electrons. The molecule has 0 aromatic heterocycles. The molecule has 0 amide bonds. The Labute approximate surface area is 109 Å². The van der Waals surface area contributed by atoms with Gasteiger partial charge < -0.3 is 15.2 Å². The maximum Gasteiger partial charge on any atom is 0.115 e. The molecule has 2 rings (SSSR count). The second-order valence-corrected chi connectivity index (χ2v) is 5.15. The first-order chi connectivity index (χ1) is 8.69. The number of hydrogen-bond donors (Lipinski definition) is 2. The van der Waals surface area contributed by atoms with E-state index in [1.165, 1.54) is 6.42 Å². The van der Waals surface area contributed by atoms with Gasteiger partial charge in [-0.3, -0.25) is 0 Å². The van der Waals surface area contributed by atoms with Gasteiger partial charge in [0, 0.05) is 18.3 Å². The first-order valence-corrected chi connectivity index (χ1v) is 6.86. The summed E-state index contributed by atoms with van der Waals surface area (Å²) in [5.41, 5.74) is 2.21. The van der Waals surface area contributed by atoms with Gasteiger partial charge in [0.05, 0.1) is 6.10 Å². The zero-order valence-corrected chi connectivity index (χ0v) is 11.3. The van der Waals surface area contributed by atoms with Crippen LogP contribution in [0.5, 0.6) is 5.75 Å². The van der Waals surface area contributed by atoms with Gasteiger partial charge >= 0.3 is 0 Å². The van der Waals surface area contributed by atoms with Crippen LogP contribution >= 0.6 is 0 Å². The van der Waals surface area contributed by atoms with E-state index >= 15 is 0 Å². The van der Waals surface area contributed by atoms with Gasteiger partial charge in [0.25, 0.3) is 0 Å². The van der Waals surface area contributed by atoms with E-state index in [2.05, 4.69) is 12.2 Å². The van der Waals surface area contributed by atoms with Crippen LogP contribution in [0.25, 0.3) is 0 Å². The smallest absolute Gasteiger partial charge is 0.115 e. The first kappa shape index (κ1) is 13.2. The second kappa shape index (κ2) is 6.10. The van der Waals surface area contributed by atoms with Crippen LogP contribution in [-0.4, -0.2) is 23.9 Å². The van der Waals surface area contributed by atoms with E-state index < -0.39 is 0 Å². The summed E-state index contributed by atoms with van der Waals surface area (Å²) in [4.78, 5) is 0. The molecule has 3 heteroatoms. The van der Waals surface area contributed by atoms with Crippen LogP contribution in [0, 0.1) is 6.92 Å². The van der Waals surface area contributed by atoms with Gasteiger partial charge in [-0.15, -0.1) is 0 Å². The molecule has 2 unspecified atom stereocenters. The van der Waals surface area contributed by atoms with E-state index in [0.29, 0.717) is 17.9 Å². The van der Waals surface area contributed by atoms with Gasteiger partial charge in [0.1, 0.15) is 5.75 Å². The van der Waals surface area contributed by atoms with E-state index in [1.807, 2.05) is 13.0 Å². The van der Waals surface area contributed by atoms with Gasteiger partial charge in [-0.25, -0.2) is 0 Å². The third-order valence-corrected chi connectivity index (χ3v) is 3.55. The Morgan fingerprint density at radius 3 is 3.00 bits per heavy atom. The number of rotatable bonds is 4. The van der Waals surface area contributed by atoms with Crippen molar-refractivity contribution in [2.24, 2.45) is 0 Å². The lowest BCUT2D eigenvalue weighted by Crippen LogP contribution is -2.34. The minimum atomic E-state index is 0.328. The van der Waals surface area contributed by atoms with Crippen molar-refractivity contribution in [3.8, 4) is 5.75 Å². The molecule has 0 radical (unpaired) electrons. The van der Waals surface area contributed by atoms with E-state index in [9.17, 15) is 5.11 Å². The van der Waals surface area contributed by atoms with Crippen molar-refractivity contribution in [1.82, 2.24) is 0 Å². The average molecular weight is 249 g/mol. The maximum atomic E-state index is 9.41. The van der Waals surface area contributed by atoms with Gasteiger partial charge in [-0.05, 0) is 49.9 Å². The quantitative estimate of drug-likeness (QED) is 0.803. The standard InChI is InChI=1S/C15H23NO2/c1-3-4-14-10-12(7-8-18-14)16-15-6-5-13(17)9-11(15)2/h5-6,9,12,14,16-17H,3-4,7-8,10H2,1-2H3. The van der Waals surface area contributed by atoms with E-state index in [1.54, 1.807) is 12.1 Å². The van der Waals surface area contributed by atoms with Crippen LogP contribution < -0.4 is 5.32 Å². The Balaban J connectivity index is 1.96. The summed E-state index contributed by atoms with van der Waals surface area (Å²) in [5.74, 6) is 0.328. The number of anilines is 1. The number of benzene rings is 1.